The van der Waals surface area contributed by atoms with Gasteiger partial charge in [-0.3, -0.25) is 0 Å². The van der Waals surface area contributed by atoms with E-state index < -0.39 is 0 Å². The molecule has 0 aliphatic carbocycles. The van der Waals surface area contributed by atoms with Crippen LogP contribution < -0.4 is 4.90 Å². The highest BCUT2D eigenvalue weighted by Gasteiger charge is 2.16. The summed E-state index contributed by atoms with van der Waals surface area (Å²) < 4.78 is 6.31. The molecule has 1 heterocycles. The highest BCUT2D eigenvalue weighted by atomic mass is 16.3. The van der Waals surface area contributed by atoms with E-state index in [4.69, 9.17) is 4.42 Å². The van der Waals surface area contributed by atoms with Gasteiger partial charge in [-0.1, -0.05) is 127 Å². The smallest absolute Gasteiger partial charge is 0.137 e. The number of hydrogen-bond donors (Lipinski definition) is 0. The van der Waals surface area contributed by atoms with E-state index in [1.54, 1.807) is 0 Å². The lowest BCUT2D eigenvalue weighted by Crippen LogP contribution is -2.09. The van der Waals surface area contributed by atoms with Gasteiger partial charge in [-0.15, -0.1) is 0 Å². The molecule has 0 saturated carbocycles. The molecule has 0 bridgehead atoms. The van der Waals surface area contributed by atoms with Gasteiger partial charge in [-0.05, 0) is 98.8 Å². The van der Waals surface area contributed by atoms with Crippen LogP contribution in [0, 0.1) is 0 Å². The van der Waals surface area contributed by atoms with Crippen LogP contribution in [0.5, 0.6) is 0 Å². The molecule has 9 rings (SSSR count). The van der Waals surface area contributed by atoms with Crippen LogP contribution in [-0.4, -0.2) is 0 Å². The van der Waals surface area contributed by atoms with Crippen LogP contribution in [0.15, 0.2) is 192 Å². The van der Waals surface area contributed by atoms with Gasteiger partial charge in [0.25, 0.3) is 0 Å². The Hall–Kier alpha value is -6.38. The molecule has 0 unspecified atom stereocenters. The summed E-state index contributed by atoms with van der Waals surface area (Å²) >= 11 is 0. The van der Waals surface area contributed by atoms with E-state index in [0.717, 1.165) is 39.0 Å². The molecule has 0 saturated heterocycles. The largest absolute Gasteiger partial charge is 0.456 e. The number of benzene rings is 8. The predicted octanol–water partition coefficient (Wildman–Crippen LogP) is 13.2. The summed E-state index contributed by atoms with van der Waals surface area (Å²) in [6.45, 7) is 0. The third-order valence-corrected chi connectivity index (χ3v) is 9.26. The van der Waals surface area contributed by atoms with Gasteiger partial charge < -0.3 is 9.32 Å². The van der Waals surface area contributed by atoms with Crippen LogP contribution in [0.4, 0.5) is 17.1 Å². The Morgan fingerprint density at radius 1 is 0.292 bits per heavy atom. The first-order chi connectivity index (χ1) is 23.8. The fourth-order valence-corrected chi connectivity index (χ4v) is 6.77. The zero-order valence-electron chi connectivity index (χ0n) is 26.3. The molecule has 0 atom stereocenters. The van der Waals surface area contributed by atoms with Crippen LogP contribution in [-0.2, 0) is 0 Å². The minimum Gasteiger partial charge on any atom is -0.456 e. The van der Waals surface area contributed by atoms with E-state index in [1.165, 1.54) is 44.2 Å². The number of nitrogens with zero attached hydrogens (tertiary/aromatic N) is 1. The van der Waals surface area contributed by atoms with Crippen molar-refractivity contribution in [3.8, 4) is 33.4 Å². The van der Waals surface area contributed by atoms with Gasteiger partial charge in [-0.25, -0.2) is 0 Å². The van der Waals surface area contributed by atoms with Crippen molar-refractivity contribution in [2.45, 2.75) is 0 Å². The molecule has 8 aromatic carbocycles. The number of fused-ring (bicyclic) bond motifs is 4. The van der Waals surface area contributed by atoms with Gasteiger partial charge in [-0.2, -0.15) is 0 Å². The van der Waals surface area contributed by atoms with Gasteiger partial charge in [0.15, 0.2) is 0 Å². The lowest BCUT2D eigenvalue weighted by atomic mass is 9.97. The SMILES string of the molecule is c1ccc(-c2ccc(N(c3ccc(-c4ccc5cc(-c6ccccc6)ccc5c4)cc3)c3ccc4c(c3)oc3ccccc34)cc2)cc1. The zero-order chi connectivity index (χ0) is 31.9. The Morgan fingerprint density at radius 3 is 1.33 bits per heavy atom. The molecule has 48 heavy (non-hydrogen) atoms. The minimum atomic E-state index is 0.878. The Balaban J connectivity index is 1.09. The van der Waals surface area contributed by atoms with Crippen molar-refractivity contribution in [1.29, 1.82) is 0 Å². The molecular weight excluding hydrogens is 583 g/mol. The molecule has 2 nitrogen and oxygen atoms in total. The van der Waals surface area contributed by atoms with Gasteiger partial charge in [0.2, 0.25) is 0 Å². The van der Waals surface area contributed by atoms with Crippen molar-refractivity contribution in [3.05, 3.63) is 188 Å². The van der Waals surface area contributed by atoms with Crippen molar-refractivity contribution in [2.75, 3.05) is 4.90 Å². The van der Waals surface area contributed by atoms with Gasteiger partial charge in [0, 0.05) is 33.9 Å². The summed E-state index contributed by atoms with van der Waals surface area (Å²) in [5.74, 6) is 0. The van der Waals surface area contributed by atoms with Crippen molar-refractivity contribution in [1.82, 2.24) is 0 Å². The summed E-state index contributed by atoms with van der Waals surface area (Å²) in [6, 6.07) is 66.9. The normalized spacial score (nSPS) is 11.3. The lowest BCUT2D eigenvalue weighted by molar-refractivity contribution is 0.669. The summed E-state index contributed by atoms with van der Waals surface area (Å²) in [4.78, 5) is 2.30. The maximum absolute atomic E-state index is 6.31. The van der Waals surface area contributed by atoms with Crippen LogP contribution in [0.1, 0.15) is 0 Å². The highest BCUT2D eigenvalue weighted by molar-refractivity contribution is 6.06. The Bertz CT molecular complexity index is 2530. The summed E-state index contributed by atoms with van der Waals surface area (Å²) in [5.41, 5.74) is 12.2. The molecule has 0 radical (unpaired) electrons. The standard InChI is InChI=1S/C46H31NO/c1-3-9-32(10-4-1)34-19-23-40(24-20-34)47(42-27-28-44-43-13-7-8-14-45(43)48-46(44)31-42)41-25-21-35(22-26-41)37-16-18-38-29-36(15-17-39(38)30-37)33-11-5-2-6-12-33/h1-31H. The van der Waals surface area contributed by atoms with Crippen LogP contribution in [0.25, 0.3) is 66.1 Å². The lowest BCUT2D eigenvalue weighted by Gasteiger charge is -2.26. The second-order valence-electron chi connectivity index (χ2n) is 12.2. The van der Waals surface area contributed by atoms with E-state index >= 15 is 0 Å². The monoisotopic (exact) mass is 613 g/mol. The van der Waals surface area contributed by atoms with Crippen LogP contribution in [0.2, 0.25) is 0 Å². The maximum Gasteiger partial charge on any atom is 0.137 e. The van der Waals surface area contributed by atoms with E-state index in [2.05, 4.69) is 181 Å². The molecule has 226 valence electrons. The maximum atomic E-state index is 6.31. The Kier molecular flexibility index (Phi) is 6.84. The first kappa shape index (κ1) is 27.9. The Labute approximate surface area is 279 Å². The topological polar surface area (TPSA) is 16.4 Å². The summed E-state index contributed by atoms with van der Waals surface area (Å²) in [7, 11) is 0. The van der Waals surface area contributed by atoms with Crippen molar-refractivity contribution < 1.29 is 4.42 Å². The average Bonchev–Trinajstić information content (AvgIpc) is 3.54. The highest BCUT2D eigenvalue weighted by Crippen LogP contribution is 2.40. The van der Waals surface area contributed by atoms with Gasteiger partial charge >= 0.3 is 0 Å². The van der Waals surface area contributed by atoms with Gasteiger partial charge in [0.1, 0.15) is 11.2 Å². The van der Waals surface area contributed by atoms with Crippen molar-refractivity contribution in [3.63, 3.8) is 0 Å². The first-order valence-electron chi connectivity index (χ1n) is 16.3. The van der Waals surface area contributed by atoms with E-state index in [-0.39, 0.29) is 0 Å². The summed E-state index contributed by atoms with van der Waals surface area (Å²) in [6.07, 6.45) is 0. The molecule has 0 fully saturated rings. The molecule has 0 aliphatic rings. The second kappa shape index (κ2) is 11.8. The van der Waals surface area contributed by atoms with E-state index in [1.807, 2.05) is 12.1 Å². The number of para-hydroxylation sites is 1. The first-order valence-corrected chi connectivity index (χ1v) is 16.3. The minimum absolute atomic E-state index is 0.878. The van der Waals surface area contributed by atoms with E-state index in [0.29, 0.717) is 0 Å². The van der Waals surface area contributed by atoms with Crippen LogP contribution in [0.3, 0.4) is 0 Å². The summed E-state index contributed by atoms with van der Waals surface area (Å²) in [5, 5.41) is 4.73. The molecule has 1 aromatic heterocycles. The molecule has 0 amide bonds. The molecule has 0 N–H and O–H groups in total. The van der Waals surface area contributed by atoms with Gasteiger partial charge in [0.05, 0.1) is 0 Å². The number of rotatable bonds is 6. The Morgan fingerprint density at radius 2 is 0.729 bits per heavy atom. The number of hydrogen-bond acceptors (Lipinski definition) is 2. The average molecular weight is 614 g/mol. The molecule has 0 aliphatic heterocycles. The molecule has 9 aromatic rings. The third kappa shape index (κ3) is 5.10. The second-order valence-corrected chi connectivity index (χ2v) is 12.2. The van der Waals surface area contributed by atoms with Crippen LogP contribution >= 0.6 is 0 Å². The molecular formula is C46H31NO. The fourth-order valence-electron chi connectivity index (χ4n) is 6.77. The van der Waals surface area contributed by atoms with Crippen molar-refractivity contribution in [2.24, 2.45) is 0 Å². The quantitative estimate of drug-likeness (QED) is 0.185. The van der Waals surface area contributed by atoms with E-state index in [9.17, 15) is 0 Å². The number of furan rings is 1. The fraction of sp³-hybridized carbons (Fsp3) is 0. The molecule has 0 spiro atoms. The third-order valence-electron chi connectivity index (χ3n) is 9.26. The zero-order valence-corrected chi connectivity index (χ0v) is 26.3. The number of anilines is 3. The van der Waals surface area contributed by atoms with Crippen molar-refractivity contribution >= 4 is 49.8 Å². The molecule has 2 heteroatoms. The predicted molar refractivity (Wildman–Crippen MR) is 202 cm³/mol.